The molecule has 2 rings (SSSR count). The standard InChI is InChI=1S/C17H29N3O2S/c1-4-15-8-10-16(11-9-15)17(19(2)3)14-18-23(21,22)20-12-6-5-7-13-20/h8-11,17-18H,4-7,12-14H2,1-3H3. The predicted octanol–water partition coefficient (Wildman–Crippen LogP) is 2.17. The third kappa shape index (κ3) is 5.01. The van der Waals surface area contributed by atoms with Crippen LogP contribution in [0.15, 0.2) is 24.3 Å². The summed E-state index contributed by atoms with van der Waals surface area (Å²) >= 11 is 0. The summed E-state index contributed by atoms with van der Waals surface area (Å²) in [6, 6.07) is 8.45. The van der Waals surface area contributed by atoms with E-state index in [1.807, 2.05) is 14.1 Å². The maximum absolute atomic E-state index is 12.4. The van der Waals surface area contributed by atoms with Gasteiger partial charge in [-0.1, -0.05) is 37.6 Å². The lowest BCUT2D eigenvalue weighted by molar-refractivity contribution is 0.293. The van der Waals surface area contributed by atoms with Crippen molar-refractivity contribution in [3.63, 3.8) is 0 Å². The van der Waals surface area contributed by atoms with E-state index in [0.29, 0.717) is 19.6 Å². The average Bonchev–Trinajstić information content (AvgIpc) is 2.56. The zero-order valence-electron chi connectivity index (χ0n) is 14.5. The van der Waals surface area contributed by atoms with Gasteiger partial charge in [0.2, 0.25) is 0 Å². The van der Waals surface area contributed by atoms with Gasteiger partial charge in [-0.25, -0.2) is 4.72 Å². The summed E-state index contributed by atoms with van der Waals surface area (Å²) in [5, 5.41) is 0. The van der Waals surface area contributed by atoms with Gasteiger partial charge in [0.05, 0.1) is 0 Å². The second-order valence-corrected chi connectivity index (χ2v) is 8.14. The summed E-state index contributed by atoms with van der Waals surface area (Å²) < 4.78 is 29.2. The molecule has 1 saturated heterocycles. The average molecular weight is 340 g/mol. The maximum Gasteiger partial charge on any atom is 0.279 e. The van der Waals surface area contributed by atoms with E-state index in [2.05, 4.69) is 40.8 Å². The third-order valence-electron chi connectivity index (χ3n) is 4.51. The second-order valence-electron chi connectivity index (χ2n) is 6.39. The third-order valence-corrected chi connectivity index (χ3v) is 6.09. The molecule has 6 heteroatoms. The van der Waals surface area contributed by atoms with Gasteiger partial charge in [-0.2, -0.15) is 12.7 Å². The van der Waals surface area contributed by atoms with Crippen molar-refractivity contribution in [2.75, 3.05) is 33.7 Å². The minimum absolute atomic E-state index is 0.0282. The van der Waals surface area contributed by atoms with Crippen molar-refractivity contribution in [3.05, 3.63) is 35.4 Å². The SMILES string of the molecule is CCc1ccc(C(CNS(=O)(=O)N2CCCCC2)N(C)C)cc1. The number of nitrogens with zero attached hydrogens (tertiary/aromatic N) is 2. The highest BCUT2D eigenvalue weighted by Gasteiger charge is 2.25. The molecule has 1 atom stereocenters. The minimum atomic E-state index is -3.38. The maximum atomic E-state index is 12.4. The number of rotatable bonds is 7. The molecular weight excluding hydrogens is 310 g/mol. The summed E-state index contributed by atoms with van der Waals surface area (Å²) in [5.74, 6) is 0. The lowest BCUT2D eigenvalue weighted by Gasteiger charge is -2.29. The Kier molecular flexibility index (Phi) is 6.59. The fourth-order valence-corrected chi connectivity index (χ4v) is 4.24. The molecule has 1 N–H and O–H groups in total. The zero-order chi connectivity index (χ0) is 16.9. The van der Waals surface area contributed by atoms with E-state index in [9.17, 15) is 8.42 Å². The Morgan fingerprint density at radius 1 is 1.13 bits per heavy atom. The summed E-state index contributed by atoms with van der Waals surface area (Å²) in [6.07, 6.45) is 4.04. The van der Waals surface area contributed by atoms with E-state index in [-0.39, 0.29) is 6.04 Å². The van der Waals surface area contributed by atoms with Gasteiger partial charge < -0.3 is 4.90 Å². The number of hydrogen-bond donors (Lipinski definition) is 1. The summed E-state index contributed by atoms with van der Waals surface area (Å²) in [5.41, 5.74) is 2.42. The van der Waals surface area contributed by atoms with Crippen LogP contribution in [0.5, 0.6) is 0 Å². The molecule has 23 heavy (non-hydrogen) atoms. The molecule has 130 valence electrons. The predicted molar refractivity (Wildman–Crippen MR) is 94.6 cm³/mol. The van der Waals surface area contributed by atoms with Gasteiger partial charge in [0.25, 0.3) is 10.2 Å². The molecule has 1 aromatic rings. The first-order valence-electron chi connectivity index (χ1n) is 8.44. The molecule has 0 saturated carbocycles. The Morgan fingerprint density at radius 3 is 2.26 bits per heavy atom. The first-order valence-corrected chi connectivity index (χ1v) is 9.88. The Bertz CT molecular complexity index is 578. The van der Waals surface area contributed by atoms with Gasteiger partial charge >= 0.3 is 0 Å². The summed E-state index contributed by atoms with van der Waals surface area (Å²) in [4.78, 5) is 2.06. The minimum Gasteiger partial charge on any atom is -0.301 e. The number of likely N-dealkylation sites (N-methyl/N-ethyl adjacent to an activating group) is 1. The molecule has 1 aromatic carbocycles. The van der Waals surface area contributed by atoms with Crippen LogP contribution < -0.4 is 4.72 Å². The van der Waals surface area contributed by atoms with Crippen LogP contribution in [0.4, 0.5) is 0 Å². The largest absolute Gasteiger partial charge is 0.301 e. The molecule has 0 aromatic heterocycles. The second kappa shape index (κ2) is 8.24. The molecule has 0 aliphatic carbocycles. The molecule has 5 nitrogen and oxygen atoms in total. The molecule has 1 fully saturated rings. The van der Waals surface area contributed by atoms with Gasteiger partial charge in [0.1, 0.15) is 0 Å². The molecule has 0 radical (unpaired) electrons. The van der Waals surface area contributed by atoms with Gasteiger partial charge in [-0.15, -0.1) is 0 Å². The van der Waals surface area contributed by atoms with Crippen LogP contribution in [0.1, 0.15) is 43.4 Å². The van der Waals surface area contributed by atoms with Gasteiger partial charge in [-0.05, 0) is 44.5 Å². The number of benzene rings is 1. The quantitative estimate of drug-likeness (QED) is 0.828. The van der Waals surface area contributed by atoms with E-state index in [4.69, 9.17) is 0 Å². The highest BCUT2D eigenvalue weighted by molar-refractivity contribution is 7.87. The lowest BCUT2D eigenvalue weighted by Crippen LogP contribution is -2.45. The van der Waals surface area contributed by atoms with Crippen LogP contribution in [0, 0.1) is 0 Å². The van der Waals surface area contributed by atoms with Crippen molar-refractivity contribution >= 4 is 10.2 Å². The first kappa shape index (κ1) is 18.4. The van der Waals surface area contributed by atoms with Crippen molar-refractivity contribution in [1.29, 1.82) is 0 Å². The Labute approximate surface area is 140 Å². The van der Waals surface area contributed by atoms with Crippen LogP contribution in [0.3, 0.4) is 0 Å². The molecule has 1 unspecified atom stereocenters. The van der Waals surface area contributed by atoms with E-state index in [0.717, 1.165) is 31.2 Å². The monoisotopic (exact) mass is 339 g/mol. The molecule has 0 spiro atoms. The van der Waals surface area contributed by atoms with Crippen molar-refractivity contribution in [2.45, 2.75) is 38.6 Å². The number of aryl methyl sites for hydroxylation is 1. The van der Waals surface area contributed by atoms with Gasteiger partial charge in [-0.3, -0.25) is 0 Å². The smallest absolute Gasteiger partial charge is 0.279 e. The van der Waals surface area contributed by atoms with E-state index in [1.165, 1.54) is 5.56 Å². The Morgan fingerprint density at radius 2 is 1.74 bits per heavy atom. The Hall–Kier alpha value is -0.950. The topological polar surface area (TPSA) is 52.7 Å². The van der Waals surface area contributed by atoms with Crippen LogP contribution in [-0.2, 0) is 16.6 Å². The number of hydrogen-bond acceptors (Lipinski definition) is 3. The van der Waals surface area contributed by atoms with Crippen molar-refractivity contribution < 1.29 is 8.42 Å². The Balaban J connectivity index is 2.04. The van der Waals surface area contributed by atoms with E-state index < -0.39 is 10.2 Å². The molecule has 1 aliphatic heterocycles. The number of nitrogens with one attached hydrogen (secondary N) is 1. The van der Waals surface area contributed by atoms with Crippen molar-refractivity contribution in [1.82, 2.24) is 13.9 Å². The van der Waals surface area contributed by atoms with E-state index >= 15 is 0 Å². The van der Waals surface area contributed by atoms with Crippen molar-refractivity contribution in [3.8, 4) is 0 Å². The van der Waals surface area contributed by atoms with Gasteiger partial charge in [0, 0.05) is 25.7 Å². The highest BCUT2D eigenvalue weighted by atomic mass is 32.2. The summed E-state index contributed by atoms with van der Waals surface area (Å²) in [7, 11) is 0.583. The van der Waals surface area contributed by atoms with Crippen LogP contribution in [0.25, 0.3) is 0 Å². The molecule has 0 bridgehead atoms. The molecule has 0 amide bonds. The van der Waals surface area contributed by atoms with Crippen LogP contribution in [-0.4, -0.2) is 51.4 Å². The zero-order valence-corrected chi connectivity index (χ0v) is 15.3. The van der Waals surface area contributed by atoms with Crippen molar-refractivity contribution in [2.24, 2.45) is 0 Å². The highest BCUT2D eigenvalue weighted by Crippen LogP contribution is 2.19. The van der Waals surface area contributed by atoms with Crippen LogP contribution in [0.2, 0.25) is 0 Å². The molecular formula is C17H29N3O2S. The normalized spacial score (nSPS) is 18.3. The van der Waals surface area contributed by atoms with E-state index in [1.54, 1.807) is 4.31 Å². The fourth-order valence-electron chi connectivity index (χ4n) is 2.95. The van der Waals surface area contributed by atoms with Gasteiger partial charge in [0.15, 0.2) is 0 Å². The molecule has 1 heterocycles. The lowest BCUT2D eigenvalue weighted by atomic mass is 10.0. The summed E-state index contributed by atoms with van der Waals surface area (Å²) in [6.45, 7) is 3.78. The van der Waals surface area contributed by atoms with Crippen LogP contribution >= 0.6 is 0 Å². The fraction of sp³-hybridized carbons (Fsp3) is 0.647. The molecule has 1 aliphatic rings. The number of piperidine rings is 1. The first-order chi connectivity index (χ1) is 10.9.